The highest BCUT2D eigenvalue weighted by atomic mass is 32.2. The van der Waals surface area contributed by atoms with Crippen molar-refractivity contribution in [3.8, 4) is 0 Å². The molecule has 0 radical (unpaired) electrons. The smallest absolute Gasteiger partial charge is 0.245 e. The molecule has 0 bridgehead atoms. The van der Waals surface area contributed by atoms with Gasteiger partial charge in [0.15, 0.2) is 5.78 Å². The van der Waals surface area contributed by atoms with E-state index >= 15 is 0 Å². The van der Waals surface area contributed by atoms with E-state index in [1.54, 1.807) is 0 Å². The molecule has 116 valence electrons. The molecule has 0 spiro atoms. The zero-order valence-electron chi connectivity index (χ0n) is 12.9. The number of rotatable bonds is 7. The van der Waals surface area contributed by atoms with Crippen LogP contribution in [0.25, 0.3) is 0 Å². The molecule has 20 heavy (non-hydrogen) atoms. The van der Waals surface area contributed by atoms with Crippen molar-refractivity contribution in [2.24, 2.45) is 5.41 Å². The molecule has 0 saturated heterocycles. The van der Waals surface area contributed by atoms with Crippen LogP contribution in [-0.2, 0) is 14.8 Å². The summed E-state index contributed by atoms with van der Waals surface area (Å²) < 4.78 is 27.1. The Kier molecular flexibility index (Phi) is 5.77. The number of nitrogens with one attached hydrogen (secondary N) is 2. The first-order valence-corrected chi connectivity index (χ1v) is 8.71. The highest BCUT2D eigenvalue weighted by Crippen LogP contribution is 2.37. The zero-order chi connectivity index (χ0) is 15.4. The molecule has 0 saturated carbocycles. The van der Waals surface area contributed by atoms with Crippen LogP contribution in [0.2, 0.25) is 0 Å². The largest absolute Gasteiger partial charge is 0.387 e. The molecule has 2 N–H and O–H groups in total. The molecule has 0 unspecified atom stereocenters. The molecule has 0 atom stereocenters. The monoisotopic (exact) mass is 302 g/mol. The van der Waals surface area contributed by atoms with Gasteiger partial charge in [-0.3, -0.25) is 4.79 Å². The first-order chi connectivity index (χ1) is 9.23. The number of allylic oxidation sites excluding steroid dienone is 2. The number of carbonyl (C=O) groups excluding carboxylic acids is 1. The molecule has 6 heteroatoms. The fourth-order valence-electron chi connectivity index (χ4n) is 2.34. The topological polar surface area (TPSA) is 75.3 Å². The van der Waals surface area contributed by atoms with Crippen molar-refractivity contribution in [3.05, 3.63) is 10.6 Å². The average molecular weight is 302 g/mol. The predicted octanol–water partition coefficient (Wildman–Crippen LogP) is 1.92. The van der Waals surface area contributed by atoms with Gasteiger partial charge in [0.05, 0.1) is 0 Å². The lowest BCUT2D eigenvalue weighted by atomic mass is 9.78. The van der Waals surface area contributed by atoms with Gasteiger partial charge in [-0.05, 0) is 24.7 Å². The van der Waals surface area contributed by atoms with E-state index < -0.39 is 10.0 Å². The van der Waals surface area contributed by atoms with Gasteiger partial charge in [-0.1, -0.05) is 27.7 Å². The second-order valence-corrected chi connectivity index (χ2v) is 7.78. The van der Waals surface area contributed by atoms with Crippen molar-refractivity contribution in [3.63, 3.8) is 0 Å². The predicted molar refractivity (Wildman–Crippen MR) is 80.6 cm³/mol. The Hall–Kier alpha value is -0.880. The maximum absolute atomic E-state index is 12.3. The van der Waals surface area contributed by atoms with Crippen LogP contribution in [0.3, 0.4) is 0 Å². The number of hydrogen-bond donors (Lipinski definition) is 2. The Morgan fingerprint density at radius 1 is 1.10 bits per heavy atom. The van der Waals surface area contributed by atoms with Gasteiger partial charge < -0.3 is 5.32 Å². The van der Waals surface area contributed by atoms with E-state index in [1.165, 1.54) is 0 Å². The summed E-state index contributed by atoms with van der Waals surface area (Å²) in [6, 6.07) is 0. The standard InChI is InChI=1S/C14H26N2O3S/c1-5-7-15-11-9-14(3,4)10-12(17)13(11)20(18,19)16-8-6-2/h15-16H,5-10H2,1-4H3. The molecule has 1 aliphatic carbocycles. The molecule has 0 aliphatic heterocycles. The van der Waals surface area contributed by atoms with Gasteiger partial charge in [-0.25, -0.2) is 13.1 Å². The number of sulfonamides is 1. The lowest BCUT2D eigenvalue weighted by molar-refractivity contribution is -0.117. The maximum atomic E-state index is 12.3. The van der Waals surface area contributed by atoms with E-state index in [-0.39, 0.29) is 22.5 Å². The molecule has 0 aromatic heterocycles. The highest BCUT2D eigenvalue weighted by Gasteiger charge is 2.38. The third-order valence-electron chi connectivity index (χ3n) is 3.22. The fourth-order valence-corrected chi connectivity index (χ4v) is 3.80. The van der Waals surface area contributed by atoms with Crippen LogP contribution in [0.1, 0.15) is 53.4 Å². The molecular formula is C14H26N2O3S. The number of ketones is 1. The van der Waals surface area contributed by atoms with Crippen molar-refractivity contribution in [1.82, 2.24) is 10.0 Å². The third kappa shape index (κ3) is 4.31. The van der Waals surface area contributed by atoms with E-state index in [0.717, 1.165) is 6.42 Å². The van der Waals surface area contributed by atoms with Gasteiger partial charge in [0.1, 0.15) is 4.91 Å². The van der Waals surface area contributed by atoms with Gasteiger partial charge in [-0.15, -0.1) is 0 Å². The third-order valence-corrected chi connectivity index (χ3v) is 4.82. The van der Waals surface area contributed by atoms with E-state index in [0.29, 0.717) is 31.6 Å². The summed E-state index contributed by atoms with van der Waals surface area (Å²) in [7, 11) is -3.71. The quantitative estimate of drug-likeness (QED) is 0.753. The molecule has 1 aliphatic rings. The molecule has 0 heterocycles. The van der Waals surface area contributed by atoms with Gasteiger partial charge in [-0.2, -0.15) is 0 Å². The maximum Gasteiger partial charge on any atom is 0.245 e. The summed E-state index contributed by atoms with van der Waals surface area (Å²) in [6.45, 7) is 8.89. The summed E-state index contributed by atoms with van der Waals surface area (Å²) >= 11 is 0. The van der Waals surface area contributed by atoms with Crippen molar-refractivity contribution >= 4 is 15.8 Å². The normalized spacial score (nSPS) is 19.3. The molecule has 0 amide bonds. The van der Waals surface area contributed by atoms with E-state index in [2.05, 4.69) is 10.0 Å². The summed E-state index contributed by atoms with van der Waals surface area (Å²) in [5.41, 5.74) is 0.369. The minimum atomic E-state index is -3.71. The van der Waals surface area contributed by atoms with Crippen LogP contribution < -0.4 is 10.0 Å². The molecule has 0 fully saturated rings. The molecule has 1 rings (SSSR count). The van der Waals surface area contributed by atoms with Crippen molar-refractivity contribution < 1.29 is 13.2 Å². The molecule has 0 aromatic carbocycles. The first-order valence-electron chi connectivity index (χ1n) is 7.23. The minimum absolute atomic E-state index is 0.0567. The van der Waals surface area contributed by atoms with E-state index in [4.69, 9.17) is 0 Å². The van der Waals surface area contributed by atoms with Crippen molar-refractivity contribution in [1.29, 1.82) is 0 Å². The second kappa shape index (κ2) is 6.72. The van der Waals surface area contributed by atoms with E-state index in [9.17, 15) is 13.2 Å². The molecular weight excluding hydrogens is 276 g/mol. The van der Waals surface area contributed by atoms with Crippen LogP contribution >= 0.6 is 0 Å². The number of Topliss-reactive ketones (excluding diaryl/α,β-unsaturated/α-hetero) is 1. The number of hydrogen-bond acceptors (Lipinski definition) is 4. The lowest BCUT2D eigenvalue weighted by Crippen LogP contribution is -2.38. The summed E-state index contributed by atoms with van der Waals surface area (Å²) in [4.78, 5) is 12.2. The van der Waals surface area contributed by atoms with Crippen molar-refractivity contribution in [2.75, 3.05) is 13.1 Å². The first kappa shape index (κ1) is 17.2. The average Bonchev–Trinajstić information content (AvgIpc) is 2.31. The minimum Gasteiger partial charge on any atom is -0.387 e. The van der Waals surface area contributed by atoms with Crippen LogP contribution in [0.4, 0.5) is 0 Å². The number of carbonyl (C=O) groups is 1. The Labute approximate surface area is 122 Å². The van der Waals surface area contributed by atoms with Crippen LogP contribution in [-0.4, -0.2) is 27.3 Å². The van der Waals surface area contributed by atoms with Crippen LogP contribution in [0.5, 0.6) is 0 Å². The molecule has 5 nitrogen and oxygen atoms in total. The Morgan fingerprint density at radius 3 is 2.25 bits per heavy atom. The fraction of sp³-hybridized carbons (Fsp3) is 0.786. The van der Waals surface area contributed by atoms with Gasteiger partial charge in [0, 0.05) is 25.2 Å². The van der Waals surface area contributed by atoms with Gasteiger partial charge in [0.2, 0.25) is 10.0 Å². The zero-order valence-corrected chi connectivity index (χ0v) is 13.7. The van der Waals surface area contributed by atoms with Gasteiger partial charge in [0.25, 0.3) is 0 Å². The second-order valence-electron chi connectivity index (χ2n) is 6.07. The van der Waals surface area contributed by atoms with Crippen LogP contribution in [0, 0.1) is 5.41 Å². The van der Waals surface area contributed by atoms with Crippen molar-refractivity contribution in [2.45, 2.75) is 53.4 Å². The Morgan fingerprint density at radius 2 is 1.70 bits per heavy atom. The highest BCUT2D eigenvalue weighted by molar-refractivity contribution is 7.94. The van der Waals surface area contributed by atoms with Gasteiger partial charge >= 0.3 is 0 Å². The summed E-state index contributed by atoms with van der Waals surface area (Å²) in [5.74, 6) is -0.288. The van der Waals surface area contributed by atoms with E-state index in [1.807, 2.05) is 27.7 Å². The summed E-state index contributed by atoms with van der Waals surface area (Å²) in [5, 5.41) is 3.13. The molecule has 0 aromatic rings. The SMILES string of the molecule is CCCNC1=C(S(=O)(=O)NCCC)C(=O)CC(C)(C)C1. The summed E-state index contributed by atoms with van der Waals surface area (Å²) in [6.07, 6.45) is 2.44. The lowest BCUT2D eigenvalue weighted by Gasteiger charge is -2.32. The Bertz CT molecular complexity index is 493. The Balaban J connectivity index is 3.17. The van der Waals surface area contributed by atoms with Crippen LogP contribution in [0.15, 0.2) is 10.6 Å².